The zero-order chi connectivity index (χ0) is 12.3. The molecule has 1 heterocycles. The number of phenols is 1. The SMILES string of the molecule is Cc1c(O)cccc1C(=O)C[n+]1ccccc1. The van der Waals surface area contributed by atoms with E-state index in [-0.39, 0.29) is 18.1 Å². The Morgan fingerprint density at radius 3 is 2.59 bits per heavy atom. The number of aromatic nitrogens is 1. The molecule has 1 aromatic carbocycles. The molecule has 0 fully saturated rings. The van der Waals surface area contributed by atoms with E-state index in [0.29, 0.717) is 11.1 Å². The molecule has 0 unspecified atom stereocenters. The topological polar surface area (TPSA) is 41.2 Å². The Kier molecular flexibility index (Phi) is 3.19. The second kappa shape index (κ2) is 4.78. The minimum atomic E-state index is -0.00500. The fraction of sp³-hybridized carbons (Fsp3) is 0.143. The van der Waals surface area contributed by atoms with Crippen molar-refractivity contribution in [2.24, 2.45) is 0 Å². The predicted molar refractivity (Wildman–Crippen MR) is 63.8 cm³/mol. The Morgan fingerprint density at radius 1 is 1.18 bits per heavy atom. The normalized spacial score (nSPS) is 10.2. The molecule has 17 heavy (non-hydrogen) atoms. The average Bonchev–Trinajstić information content (AvgIpc) is 2.34. The third-order valence-corrected chi connectivity index (χ3v) is 2.71. The highest BCUT2D eigenvalue weighted by Gasteiger charge is 2.15. The van der Waals surface area contributed by atoms with E-state index >= 15 is 0 Å². The highest BCUT2D eigenvalue weighted by Crippen LogP contribution is 2.19. The molecule has 0 bridgehead atoms. The number of benzene rings is 1. The van der Waals surface area contributed by atoms with E-state index in [2.05, 4.69) is 0 Å². The summed E-state index contributed by atoms with van der Waals surface area (Å²) in [6, 6.07) is 10.7. The molecule has 3 heteroatoms. The number of aromatic hydroxyl groups is 1. The standard InChI is InChI=1S/C14H13NO2/c1-11-12(6-5-7-13(11)16)14(17)10-15-8-3-2-4-9-15/h2-9H,10H2,1H3/p+1. The highest BCUT2D eigenvalue weighted by molar-refractivity contribution is 5.97. The molecule has 0 atom stereocenters. The Balaban J connectivity index is 2.24. The second-order valence-electron chi connectivity index (χ2n) is 3.92. The maximum atomic E-state index is 12.1. The summed E-state index contributed by atoms with van der Waals surface area (Å²) in [7, 11) is 0. The molecule has 0 saturated carbocycles. The van der Waals surface area contributed by atoms with Crippen molar-refractivity contribution in [3.63, 3.8) is 0 Å². The lowest BCUT2D eigenvalue weighted by Gasteiger charge is -2.04. The minimum Gasteiger partial charge on any atom is -0.508 e. The van der Waals surface area contributed by atoms with Gasteiger partial charge >= 0.3 is 0 Å². The quantitative estimate of drug-likeness (QED) is 0.643. The van der Waals surface area contributed by atoms with Crippen molar-refractivity contribution in [3.8, 4) is 5.75 Å². The fourth-order valence-corrected chi connectivity index (χ4v) is 1.72. The Hall–Kier alpha value is -2.16. The van der Waals surface area contributed by atoms with Crippen molar-refractivity contribution >= 4 is 5.78 Å². The van der Waals surface area contributed by atoms with Gasteiger partial charge in [-0.25, -0.2) is 0 Å². The van der Waals surface area contributed by atoms with Crippen LogP contribution in [-0.2, 0) is 6.54 Å². The van der Waals surface area contributed by atoms with Crippen LogP contribution in [0.2, 0.25) is 0 Å². The van der Waals surface area contributed by atoms with E-state index in [0.717, 1.165) is 0 Å². The average molecular weight is 228 g/mol. The number of Topliss-reactive ketones (excluding diaryl/α,β-unsaturated/α-hetero) is 1. The first-order chi connectivity index (χ1) is 8.18. The molecule has 0 radical (unpaired) electrons. The number of hydrogen-bond acceptors (Lipinski definition) is 2. The zero-order valence-corrected chi connectivity index (χ0v) is 9.63. The van der Waals surface area contributed by atoms with Crippen LogP contribution in [0.3, 0.4) is 0 Å². The third-order valence-electron chi connectivity index (χ3n) is 2.71. The Labute approximate surface area is 100.0 Å². The van der Waals surface area contributed by atoms with Gasteiger partial charge in [0.05, 0.1) is 0 Å². The van der Waals surface area contributed by atoms with Crippen LogP contribution in [0.5, 0.6) is 5.75 Å². The molecule has 2 rings (SSSR count). The first-order valence-electron chi connectivity index (χ1n) is 5.44. The summed E-state index contributed by atoms with van der Waals surface area (Å²) in [6.45, 7) is 2.03. The van der Waals surface area contributed by atoms with Crippen LogP contribution in [-0.4, -0.2) is 10.9 Å². The van der Waals surface area contributed by atoms with Gasteiger partial charge in [0.25, 0.3) is 0 Å². The summed E-state index contributed by atoms with van der Waals surface area (Å²) in [5.74, 6) is 0.156. The Bertz CT molecular complexity index is 535. The van der Waals surface area contributed by atoms with Gasteiger partial charge in [0.1, 0.15) is 5.75 Å². The lowest BCUT2D eigenvalue weighted by atomic mass is 10.0. The summed E-state index contributed by atoms with van der Waals surface area (Å²) in [4.78, 5) is 12.1. The van der Waals surface area contributed by atoms with E-state index < -0.39 is 0 Å². The molecule has 2 aromatic rings. The van der Waals surface area contributed by atoms with Crippen LogP contribution in [0.25, 0.3) is 0 Å². The number of pyridine rings is 1. The van der Waals surface area contributed by atoms with E-state index in [1.807, 2.05) is 35.2 Å². The van der Waals surface area contributed by atoms with Crippen LogP contribution < -0.4 is 4.57 Å². The maximum absolute atomic E-state index is 12.1. The number of rotatable bonds is 3. The molecule has 0 aliphatic carbocycles. The van der Waals surface area contributed by atoms with Gasteiger partial charge in [0.2, 0.25) is 12.3 Å². The van der Waals surface area contributed by atoms with Gasteiger partial charge in [-0.3, -0.25) is 4.79 Å². The maximum Gasteiger partial charge on any atom is 0.227 e. The van der Waals surface area contributed by atoms with Crippen LogP contribution in [0, 0.1) is 6.92 Å². The molecular weight excluding hydrogens is 214 g/mol. The smallest absolute Gasteiger partial charge is 0.227 e. The van der Waals surface area contributed by atoms with Crippen LogP contribution in [0.4, 0.5) is 0 Å². The molecule has 1 N–H and O–H groups in total. The summed E-state index contributed by atoms with van der Waals surface area (Å²) in [5.41, 5.74) is 1.20. The number of carbonyl (C=O) groups is 1. The monoisotopic (exact) mass is 228 g/mol. The second-order valence-corrected chi connectivity index (χ2v) is 3.92. The zero-order valence-electron chi connectivity index (χ0n) is 9.63. The number of nitrogens with zero attached hydrogens (tertiary/aromatic N) is 1. The third kappa shape index (κ3) is 2.50. The first-order valence-corrected chi connectivity index (χ1v) is 5.44. The van der Waals surface area contributed by atoms with E-state index in [1.54, 1.807) is 25.1 Å². The number of ketones is 1. The summed E-state index contributed by atoms with van der Waals surface area (Å²) >= 11 is 0. The molecule has 0 spiro atoms. The largest absolute Gasteiger partial charge is 0.508 e. The van der Waals surface area contributed by atoms with E-state index in [9.17, 15) is 9.90 Å². The van der Waals surface area contributed by atoms with Gasteiger partial charge in [-0.05, 0) is 13.0 Å². The van der Waals surface area contributed by atoms with Gasteiger partial charge in [0.15, 0.2) is 12.4 Å². The van der Waals surface area contributed by atoms with Crippen molar-refractivity contribution in [2.45, 2.75) is 13.5 Å². The van der Waals surface area contributed by atoms with E-state index in [1.165, 1.54) is 0 Å². The molecule has 0 aliphatic rings. The van der Waals surface area contributed by atoms with Crippen molar-refractivity contribution in [2.75, 3.05) is 0 Å². The highest BCUT2D eigenvalue weighted by atomic mass is 16.3. The number of carbonyl (C=O) groups excluding carboxylic acids is 1. The first kappa shape index (κ1) is 11.3. The van der Waals surface area contributed by atoms with Crippen molar-refractivity contribution in [3.05, 3.63) is 59.9 Å². The lowest BCUT2D eigenvalue weighted by molar-refractivity contribution is -0.683. The molecule has 86 valence electrons. The van der Waals surface area contributed by atoms with Gasteiger partial charge in [-0.1, -0.05) is 18.2 Å². The summed E-state index contributed by atoms with van der Waals surface area (Å²) in [6.07, 6.45) is 3.69. The lowest BCUT2D eigenvalue weighted by Crippen LogP contribution is -2.37. The van der Waals surface area contributed by atoms with Gasteiger partial charge in [-0.15, -0.1) is 0 Å². The minimum absolute atomic E-state index is 0.00500. The number of phenolic OH excluding ortho intramolecular Hbond substituents is 1. The Morgan fingerprint density at radius 2 is 1.88 bits per heavy atom. The predicted octanol–water partition coefficient (Wildman–Crippen LogP) is 1.87. The van der Waals surface area contributed by atoms with E-state index in [4.69, 9.17) is 0 Å². The van der Waals surface area contributed by atoms with Crippen molar-refractivity contribution < 1.29 is 14.5 Å². The fourth-order valence-electron chi connectivity index (χ4n) is 1.72. The van der Waals surface area contributed by atoms with Crippen LogP contribution >= 0.6 is 0 Å². The van der Waals surface area contributed by atoms with Gasteiger partial charge in [0, 0.05) is 23.3 Å². The molecule has 3 nitrogen and oxygen atoms in total. The molecule has 0 saturated heterocycles. The molecule has 1 aromatic heterocycles. The van der Waals surface area contributed by atoms with Crippen LogP contribution in [0.1, 0.15) is 15.9 Å². The molecule has 0 amide bonds. The number of hydrogen-bond donors (Lipinski definition) is 1. The van der Waals surface area contributed by atoms with Crippen LogP contribution in [0.15, 0.2) is 48.8 Å². The van der Waals surface area contributed by atoms with Crippen molar-refractivity contribution in [1.29, 1.82) is 0 Å². The summed E-state index contributed by atoms with van der Waals surface area (Å²) < 4.78 is 1.81. The van der Waals surface area contributed by atoms with Gasteiger partial charge < -0.3 is 5.11 Å². The molecule has 0 aliphatic heterocycles. The van der Waals surface area contributed by atoms with Gasteiger partial charge in [-0.2, -0.15) is 4.57 Å². The summed E-state index contributed by atoms with van der Waals surface area (Å²) in [5, 5.41) is 9.56. The van der Waals surface area contributed by atoms with Crippen molar-refractivity contribution in [1.82, 2.24) is 0 Å². The molecular formula is C14H14NO2+.